The molecule has 3 amide bonds. The average Bonchev–Trinajstić information content (AvgIpc) is 3.51. The van der Waals surface area contributed by atoms with Crippen molar-refractivity contribution in [3.63, 3.8) is 0 Å². The van der Waals surface area contributed by atoms with Crippen molar-refractivity contribution < 1.29 is 29.3 Å². The molecule has 55 heavy (non-hydrogen) atoms. The molecule has 11 heteroatoms. The third-order valence-electron chi connectivity index (χ3n) is 11.4. The quantitative estimate of drug-likeness (QED) is 0.191. The van der Waals surface area contributed by atoms with Crippen LogP contribution in [0, 0.1) is 13.8 Å². The second-order valence-corrected chi connectivity index (χ2v) is 14.7. The van der Waals surface area contributed by atoms with E-state index in [1.165, 1.54) is 10.5 Å². The summed E-state index contributed by atoms with van der Waals surface area (Å²) in [7, 11) is 0. The molecular weight excluding hydrogens is 695 g/mol. The number of carbonyl (C=O) groups excluding carboxylic acids is 2. The van der Waals surface area contributed by atoms with Gasteiger partial charge in [-0.05, 0) is 103 Å². The molecule has 4 aromatic carbocycles. The van der Waals surface area contributed by atoms with Crippen LogP contribution in [-0.4, -0.2) is 92.8 Å². The van der Waals surface area contributed by atoms with Crippen LogP contribution in [0.25, 0.3) is 5.69 Å². The maximum absolute atomic E-state index is 15.2. The summed E-state index contributed by atoms with van der Waals surface area (Å²) in [6, 6.07) is 28.0. The summed E-state index contributed by atoms with van der Waals surface area (Å²) in [4.78, 5) is 49.4. The smallest absolute Gasteiger partial charge is 0.407 e. The van der Waals surface area contributed by atoms with E-state index in [9.17, 15) is 19.8 Å². The summed E-state index contributed by atoms with van der Waals surface area (Å²) in [6.45, 7) is 8.51. The number of benzene rings is 4. The molecule has 0 radical (unpaired) electrons. The Morgan fingerprint density at radius 2 is 1.47 bits per heavy atom. The first-order valence-electron chi connectivity index (χ1n) is 18.8. The summed E-state index contributed by atoms with van der Waals surface area (Å²) in [5, 5.41) is 19.9. The molecule has 0 aliphatic carbocycles. The van der Waals surface area contributed by atoms with Crippen LogP contribution in [0.3, 0.4) is 0 Å². The van der Waals surface area contributed by atoms with Gasteiger partial charge in [0.05, 0.1) is 30.0 Å². The van der Waals surface area contributed by atoms with Crippen molar-refractivity contribution in [1.82, 2.24) is 19.3 Å². The Morgan fingerprint density at radius 1 is 0.782 bits per heavy atom. The first-order chi connectivity index (χ1) is 26.7. The summed E-state index contributed by atoms with van der Waals surface area (Å²) in [5.74, 6) is -0.285. The standard InChI is InChI=1S/C44H45N5O6/c1-29-30(2)47(28-40(29)43(52)49(35-10-4-3-5-11-35)36-12-14-38(50)15-13-36)41-24-32-16-17-46(44(53)54)25-34(32)23-39(41)42(51)48-26-33-9-7-6-8-31(33)22-37(48)27-45-18-20-55-21-19-45/h3-15,23-24,28,37,50H,16-22,25-27H2,1-2H3,(H,53,54)/t37-/m0/s1. The second-order valence-electron chi connectivity index (χ2n) is 14.7. The van der Waals surface area contributed by atoms with Crippen LogP contribution in [-0.2, 0) is 30.7 Å². The number of amides is 3. The van der Waals surface area contributed by atoms with Crippen molar-refractivity contribution in [3.05, 3.63) is 142 Å². The van der Waals surface area contributed by atoms with Gasteiger partial charge < -0.3 is 29.3 Å². The van der Waals surface area contributed by atoms with Gasteiger partial charge in [-0.3, -0.25) is 19.4 Å². The molecule has 0 unspecified atom stereocenters. The highest BCUT2D eigenvalue weighted by Crippen LogP contribution is 2.35. The van der Waals surface area contributed by atoms with Gasteiger partial charge in [0.2, 0.25) is 0 Å². The monoisotopic (exact) mass is 739 g/mol. The fourth-order valence-corrected chi connectivity index (χ4v) is 8.20. The number of phenolic OH excluding ortho intramolecular Hbond substituents is 1. The van der Waals surface area contributed by atoms with Gasteiger partial charge in [-0.2, -0.15) is 0 Å². The number of fused-ring (bicyclic) bond motifs is 2. The Kier molecular flexibility index (Phi) is 9.89. The molecule has 4 heterocycles. The van der Waals surface area contributed by atoms with Crippen LogP contribution in [0.2, 0.25) is 0 Å². The van der Waals surface area contributed by atoms with E-state index in [2.05, 4.69) is 23.1 Å². The van der Waals surface area contributed by atoms with E-state index >= 15 is 4.79 Å². The summed E-state index contributed by atoms with van der Waals surface area (Å²) < 4.78 is 7.59. The molecule has 1 saturated heterocycles. The van der Waals surface area contributed by atoms with Crippen LogP contribution in [0.1, 0.15) is 54.2 Å². The minimum Gasteiger partial charge on any atom is -0.508 e. The Balaban J connectivity index is 1.23. The summed E-state index contributed by atoms with van der Waals surface area (Å²) >= 11 is 0. The van der Waals surface area contributed by atoms with E-state index in [-0.39, 0.29) is 30.2 Å². The number of aromatic hydroxyl groups is 1. The zero-order valence-electron chi connectivity index (χ0n) is 31.1. The number of anilines is 2. The minimum atomic E-state index is -0.988. The lowest BCUT2D eigenvalue weighted by atomic mass is 9.91. The topological polar surface area (TPSA) is 119 Å². The third kappa shape index (κ3) is 7.08. The zero-order valence-corrected chi connectivity index (χ0v) is 31.1. The molecule has 8 rings (SSSR count). The number of hydrogen-bond acceptors (Lipinski definition) is 6. The van der Waals surface area contributed by atoms with E-state index in [4.69, 9.17) is 4.74 Å². The first kappa shape index (κ1) is 36.1. The molecule has 2 N–H and O–H groups in total. The Hall–Kier alpha value is -5.91. The molecular formula is C44H45N5O6. The number of ether oxygens (including phenoxy) is 1. The maximum Gasteiger partial charge on any atom is 0.407 e. The summed E-state index contributed by atoms with van der Waals surface area (Å²) in [5.41, 5.74) is 8.60. The van der Waals surface area contributed by atoms with Crippen LogP contribution in [0.4, 0.5) is 16.2 Å². The molecule has 0 saturated carbocycles. The van der Waals surface area contributed by atoms with E-state index in [1.54, 1.807) is 29.2 Å². The number of nitrogens with zero attached hydrogens (tertiary/aromatic N) is 5. The van der Waals surface area contributed by atoms with Crippen molar-refractivity contribution in [2.24, 2.45) is 0 Å². The van der Waals surface area contributed by atoms with Gasteiger partial charge in [-0.25, -0.2) is 4.79 Å². The largest absolute Gasteiger partial charge is 0.508 e. The fourth-order valence-electron chi connectivity index (χ4n) is 8.20. The first-order valence-corrected chi connectivity index (χ1v) is 18.8. The minimum absolute atomic E-state index is 0.0886. The lowest BCUT2D eigenvalue weighted by molar-refractivity contribution is 0.0193. The lowest BCUT2D eigenvalue weighted by Crippen LogP contribution is -2.52. The van der Waals surface area contributed by atoms with E-state index in [1.807, 2.05) is 78.0 Å². The fraction of sp³-hybridized carbons (Fsp3) is 0.295. The molecule has 1 atom stereocenters. The Bertz CT molecular complexity index is 2250. The molecule has 5 aromatic rings. The average molecular weight is 740 g/mol. The second kappa shape index (κ2) is 15.1. The number of hydrogen-bond donors (Lipinski definition) is 2. The number of aromatic nitrogens is 1. The number of rotatable bonds is 7. The number of carboxylic acid groups (broad SMARTS) is 1. The number of carbonyl (C=O) groups is 3. The van der Waals surface area contributed by atoms with E-state index in [0.29, 0.717) is 67.5 Å². The highest BCUT2D eigenvalue weighted by atomic mass is 16.5. The zero-order chi connectivity index (χ0) is 38.2. The lowest BCUT2D eigenvalue weighted by Gasteiger charge is -2.41. The molecule has 3 aliphatic rings. The van der Waals surface area contributed by atoms with Crippen molar-refractivity contribution >= 4 is 29.3 Å². The Morgan fingerprint density at radius 3 is 2.20 bits per heavy atom. The number of para-hydroxylation sites is 1. The van der Waals surface area contributed by atoms with Gasteiger partial charge in [0, 0.05) is 68.6 Å². The van der Waals surface area contributed by atoms with Gasteiger partial charge in [-0.15, -0.1) is 0 Å². The van der Waals surface area contributed by atoms with E-state index in [0.717, 1.165) is 47.5 Å². The Labute approximate surface area is 320 Å². The molecule has 1 fully saturated rings. The molecule has 1 aromatic heterocycles. The molecule has 3 aliphatic heterocycles. The highest BCUT2D eigenvalue weighted by molar-refractivity contribution is 6.12. The predicted octanol–water partition coefficient (Wildman–Crippen LogP) is 6.71. The highest BCUT2D eigenvalue weighted by Gasteiger charge is 2.35. The predicted molar refractivity (Wildman–Crippen MR) is 209 cm³/mol. The van der Waals surface area contributed by atoms with E-state index < -0.39 is 6.09 Å². The van der Waals surface area contributed by atoms with Crippen molar-refractivity contribution in [2.75, 3.05) is 44.3 Å². The third-order valence-corrected chi connectivity index (χ3v) is 11.4. The SMILES string of the molecule is Cc1c(C(=O)N(c2ccccc2)c2ccc(O)cc2)cn(-c2cc3c(cc2C(=O)N2Cc4ccccc4C[C@H]2CN2CCOCC2)CN(C(=O)O)CC3)c1C. The van der Waals surface area contributed by atoms with Crippen LogP contribution in [0.15, 0.2) is 97.2 Å². The van der Waals surface area contributed by atoms with Crippen molar-refractivity contribution in [2.45, 2.75) is 45.8 Å². The van der Waals surface area contributed by atoms with Gasteiger partial charge in [0.25, 0.3) is 11.8 Å². The van der Waals surface area contributed by atoms with Crippen LogP contribution in [0.5, 0.6) is 5.75 Å². The van der Waals surface area contributed by atoms with Gasteiger partial charge in [-0.1, -0.05) is 42.5 Å². The van der Waals surface area contributed by atoms with Crippen LogP contribution >= 0.6 is 0 Å². The van der Waals surface area contributed by atoms with Gasteiger partial charge in [0.1, 0.15) is 5.75 Å². The van der Waals surface area contributed by atoms with Crippen LogP contribution < -0.4 is 4.90 Å². The molecule has 11 nitrogen and oxygen atoms in total. The summed E-state index contributed by atoms with van der Waals surface area (Å²) in [6.07, 6.45) is 2.06. The molecule has 0 bridgehead atoms. The normalized spacial score (nSPS) is 17.0. The van der Waals surface area contributed by atoms with Crippen molar-refractivity contribution in [1.29, 1.82) is 0 Å². The number of phenols is 1. The number of morpholine rings is 1. The molecule has 0 spiro atoms. The maximum atomic E-state index is 15.2. The van der Waals surface area contributed by atoms with Crippen molar-refractivity contribution in [3.8, 4) is 11.4 Å². The van der Waals surface area contributed by atoms with Gasteiger partial charge >= 0.3 is 6.09 Å². The molecule has 282 valence electrons. The van der Waals surface area contributed by atoms with Gasteiger partial charge in [0.15, 0.2) is 0 Å².